The zero-order chi connectivity index (χ0) is 26.4. The number of aromatic nitrogens is 3. The normalized spacial score (nSPS) is 12.5. The van der Waals surface area contributed by atoms with Gasteiger partial charge in [-0.15, -0.1) is 0 Å². The number of methoxy groups -OCH3 is 1. The van der Waals surface area contributed by atoms with Gasteiger partial charge in [0, 0.05) is 30.9 Å². The zero-order valence-corrected chi connectivity index (χ0v) is 19.8. The van der Waals surface area contributed by atoms with Crippen molar-refractivity contribution in [1.82, 2.24) is 20.5 Å². The lowest BCUT2D eigenvalue weighted by atomic mass is 9.99. The summed E-state index contributed by atoms with van der Waals surface area (Å²) in [5.74, 6) is -1.67. The second-order valence-corrected chi connectivity index (χ2v) is 8.19. The number of halogens is 2. The van der Waals surface area contributed by atoms with Gasteiger partial charge in [-0.1, -0.05) is 6.07 Å². The van der Waals surface area contributed by atoms with E-state index in [0.29, 0.717) is 22.5 Å². The maximum Gasteiger partial charge on any atom is 0.252 e. The van der Waals surface area contributed by atoms with Crippen molar-refractivity contribution in [3.05, 3.63) is 95.3 Å². The van der Waals surface area contributed by atoms with Crippen molar-refractivity contribution in [3.63, 3.8) is 0 Å². The molecule has 0 radical (unpaired) electrons. The van der Waals surface area contributed by atoms with Crippen LogP contribution in [-0.2, 0) is 11.2 Å². The van der Waals surface area contributed by atoms with Gasteiger partial charge in [0.2, 0.25) is 0 Å². The molecule has 2 atom stereocenters. The molecule has 188 valence electrons. The highest BCUT2D eigenvalue weighted by atomic mass is 19.1. The number of hydrogen-bond donors (Lipinski definition) is 3. The first-order chi connectivity index (χ1) is 17.9. The van der Waals surface area contributed by atoms with Gasteiger partial charge in [0.25, 0.3) is 5.91 Å². The highest BCUT2D eigenvalue weighted by molar-refractivity contribution is 6.01. The Hall–Kier alpha value is -4.46. The fourth-order valence-corrected chi connectivity index (χ4v) is 4.00. The van der Waals surface area contributed by atoms with Crippen molar-refractivity contribution >= 4 is 5.91 Å². The van der Waals surface area contributed by atoms with Crippen LogP contribution in [0.2, 0.25) is 0 Å². The van der Waals surface area contributed by atoms with Gasteiger partial charge in [-0.2, -0.15) is 10.4 Å². The summed E-state index contributed by atoms with van der Waals surface area (Å²) >= 11 is 0. The second-order valence-electron chi connectivity index (χ2n) is 8.19. The number of H-pyrrole nitrogens is 1. The van der Waals surface area contributed by atoms with Crippen molar-refractivity contribution < 1.29 is 23.4 Å². The number of aromatic amines is 1. The van der Waals surface area contributed by atoms with E-state index in [-0.39, 0.29) is 23.2 Å². The highest BCUT2D eigenvalue weighted by Gasteiger charge is 2.27. The Morgan fingerprint density at radius 1 is 1.19 bits per heavy atom. The molecule has 0 unspecified atom stereocenters. The van der Waals surface area contributed by atoms with E-state index in [9.17, 15) is 19.6 Å². The van der Waals surface area contributed by atoms with Crippen LogP contribution in [0.5, 0.6) is 0 Å². The monoisotopic (exact) mass is 503 g/mol. The molecule has 0 aliphatic carbocycles. The van der Waals surface area contributed by atoms with Crippen molar-refractivity contribution in [2.45, 2.75) is 18.6 Å². The highest BCUT2D eigenvalue weighted by Crippen LogP contribution is 2.29. The number of pyridine rings is 1. The lowest BCUT2D eigenvalue weighted by Crippen LogP contribution is -2.47. The first kappa shape index (κ1) is 25.6. The van der Waals surface area contributed by atoms with Gasteiger partial charge >= 0.3 is 0 Å². The summed E-state index contributed by atoms with van der Waals surface area (Å²) in [5.41, 5.74) is 2.07. The Bertz CT molecular complexity index is 1430. The molecule has 37 heavy (non-hydrogen) atoms. The molecule has 2 aromatic carbocycles. The lowest BCUT2D eigenvalue weighted by molar-refractivity contribution is 0.0213. The molecule has 4 rings (SSSR count). The van der Waals surface area contributed by atoms with Crippen LogP contribution in [0.3, 0.4) is 0 Å². The summed E-state index contributed by atoms with van der Waals surface area (Å²) in [6.07, 6.45) is 0.807. The van der Waals surface area contributed by atoms with Crippen LogP contribution in [0.15, 0.2) is 66.9 Å². The van der Waals surface area contributed by atoms with Crippen molar-refractivity contribution in [2.24, 2.45) is 0 Å². The van der Waals surface area contributed by atoms with Gasteiger partial charge in [-0.05, 0) is 54.6 Å². The molecule has 8 nitrogen and oxygen atoms in total. The average Bonchev–Trinajstić information content (AvgIpc) is 3.39. The second kappa shape index (κ2) is 11.5. The van der Waals surface area contributed by atoms with Crippen LogP contribution in [0.25, 0.3) is 22.5 Å². The minimum atomic E-state index is -0.813. The fourth-order valence-electron chi connectivity index (χ4n) is 4.00. The van der Waals surface area contributed by atoms with Gasteiger partial charge in [0.05, 0.1) is 40.9 Å². The Morgan fingerprint density at radius 2 is 1.97 bits per heavy atom. The van der Waals surface area contributed by atoms with E-state index in [4.69, 9.17) is 4.74 Å². The predicted octanol–water partition coefficient (Wildman–Crippen LogP) is 3.64. The number of nitrogens with one attached hydrogen (secondary N) is 2. The Balaban J connectivity index is 1.66. The summed E-state index contributed by atoms with van der Waals surface area (Å²) in [6, 6.07) is 15.8. The lowest BCUT2D eigenvalue weighted by Gasteiger charge is -2.26. The summed E-state index contributed by atoms with van der Waals surface area (Å²) in [5, 5.41) is 29.0. The summed E-state index contributed by atoms with van der Waals surface area (Å²) in [7, 11) is 1.39. The molecule has 3 N–H and O–H groups in total. The average molecular weight is 504 g/mol. The Kier molecular flexibility index (Phi) is 7.98. The van der Waals surface area contributed by atoms with Gasteiger partial charge < -0.3 is 15.2 Å². The van der Waals surface area contributed by atoms with Crippen LogP contribution in [0.4, 0.5) is 8.78 Å². The maximum absolute atomic E-state index is 15.0. The van der Waals surface area contributed by atoms with Gasteiger partial charge in [0.15, 0.2) is 0 Å². The molecule has 0 saturated carbocycles. The number of hydrogen-bond acceptors (Lipinski definition) is 6. The standard InChI is InChI=1S/C27H23F2N5O3/c1-37-25(15-35)23(12-21-17(14-30)4-3-11-31-21)32-27(36)19-5-2-6-20(29)26(19)24-13-22(33-34-24)16-7-9-18(28)10-8-16/h2-11,13,23,25,35H,12,15H2,1H3,(H,32,36)(H,33,34)/t23-,25-/m1/s1. The molecule has 0 saturated heterocycles. The summed E-state index contributed by atoms with van der Waals surface area (Å²) < 4.78 is 33.7. The summed E-state index contributed by atoms with van der Waals surface area (Å²) in [6.45, 7) is -0.409. The number of nitrogens with zero attached hydrogens (tertiary/aromatic N) is 3. The largest absolute Gasteiger partial charge is 0.394 e. The SMILES string of the molecule is CO[C@H](CO)[C@@H](Cc1ncccc1C#N)NC(=O)c1cccc(F)c1-c1cc(-c2ccc(F)cc2)n[nH]1. The molecular formula is C27H23F2N5O3. The van der Waals surface area contributed by atoms with Crippen LogP contribution < -0.4 is 5.32 Å². The number of ether oxygens (including phenoxy) is 1. The van der Waals surface area contributed by atoms with E-state index in [0.717, 1.165) is 0 Å². The van der Waals surface area contributed by atoms with Crippen LogP contribution in [0.1, 0.15) is 21.6 Å². The molecular weight excluding hydrogens is 480 g/mol. The minimum absolute atomic E-state index is 0.00636. The number of carbonyl (C=O) groups is 1. The quantitative estimate of drug-likeness (QED) is 0.320. The molecule has 2 aromatic heterocycles. The van der Waals surface area contributed by atoms with Crippen molar-refractivity contribution in [2.75, 3.05) is 13.7 Å². The van der Waals surface area contributed by atoms with E-state index >= 15 is 4.39 Å². The maximum atomic E-state index is 15.0. The zero-order valence-electron chi connectivity index (χ0n) is 19.8. The van der Waals surface area contributed by atoms with E-state index < -0.39 is 36.3 Å². The topological polar surface area (TPSA) is 124 Å². The molecule has 0 bridgehead atoms. The number of benzene rings is 2. The van der Waals surface area contributed by atoms with Crippen LogP contribution >= 0.6 is 0 Å². The van der Waals surface area contributed by atoms with Gasteiger partial charge in [0.1, 0.15) is 23.8 Å². The first-order valence-corrected chi connectivity index (χ1v) is 11.3. The smallest absolute Gasteiger partial charge is 0.252 e. The molecule has 4 aromatic rings. The molecule has 0 aliphatic rings. The third kappa shape index (κ3) is 5.69. The molecule has 10 heteroatoms. The number of aliphatic hydroxyl groups excluding tert-OH is 1. The van der Waals surface area contributed by atoms with E-state index in [1.165, 1.54) is 43.6 Å². The van der Waals surface area contributed by atoms with E-state index in [1.807, 2.05) is 0 Å². The molecule has 0 spiro atoms. The number of rotatable bonds is 9. The minimum Gasteiger partial charge on any atom is -0.394 e. The van der Waals surface area contributed by atoms with E-state index in [1.54, 1.807) is 30.3 Å². The third-order valence-corrected chi connectivity index (χ3v) is 5.92. The number of carbonyl (C=O) groups excluding carboxylic acids is 1. The molecule has 1 amide bonds. The number of aliphatic hydroxyl groups is 1. The summed E-state index contributed by atoms with van der Waals surface area (Å²) in [4.78, 5) is 17.6. The van der Waals surface area contributed by atoms with Crippen molar-refractivity contribution in [1.29, 1.82) is 5.26 Å². The van der Waals surface area contributed by atoms with Gasteiger partial charge in [-0.25, -0.2) is 8.78 Å². The first-order valence-electron chi connectivity index (χ1n) is 11.3. The number of nitriles is 1. The fraction of sp³-hybridized carbons (Fsp3) is 0.185. The van der Waals surface area contributed by atoms with Crippen LogP contribution in [-0.4, -0.2) is 52.1 Å². The molecule has 0 aliphatic heterocycles. The number of amides is 1. The molecule has 0 fully saturated rings. The van der Waals surface area contributed by atoms with Crippen LogP contribution in [0, 0.1) is 23.0 Å². The predicted molar refractivity (Wildman–Crippen MR) is 131 cm³/mol. The Labute approximate surface area is 211 Å². The van der Waals surface area contributed by atoms with E-state index in [2.05, 4.69) is 26.6 Å². The van der Waals surface area contributed by atoms with Crippen molar-refractivity contribution in [3.8, 4) is 28.6 Å². The molecule has 2 heterocycles. The third-order valence-electron chi connectivity index (χ3n) is 5.92. The Morgan fingerprint density at radius 3 is 2.68 bits per heavy atom. The van der Waals surface area contributed by atoms with Gasteiger partial charge in [-0.3, -0.25) is 14.9 Å².